The fraction of sp³-hybridized carbons (Fsp3) is 0.500. The van der Waals surface area contributed by atoms with Crippen LogP contribution in [0.5, 0.6) is 5.75 Å². The van der Waals surface area contributed by atoms with Crippen LogP contribution in [-0.4, -0.2) is 19.4 Å². The molecule has 0 bridgehead atoms. The van der Waals surface area contributed by atoms with Crippen LogP contribution in [0.1, 0.15) is 113 Å². The summed E-state index contributed by atoms with van der Waals surface area (Å²) < 4.78 is 5.16. The average Bonchev–Trinajstić information content (AvgIpc) is 2.99. The Hall–Kier alpha value is -2.23. The van der Waals surface area contributed by atoms with Gasteiger partial charge >= 0.3 is 0 Å². The largest absolute Gasteiger partial charge is 0.497 e. The fourth-order valence-corrected chi connectivity index (χ4v) is 7.07. The van der Waals surface area contributed by atoms with Crippen LogP contribution in [0.25, 0.3) is 0 Å². The molecule has 0 saturated carbocycles. The molecule has 0 aliphatic rings. The average molecular weight is 546 g/mol. The molecule has 3 aromatic rings. The monoisotopic (exact) mass is 545 g/mol. The molecule has 0 radical (unpaired) electrons. The van der Waals surface area contributed by atoms with E-state index in [1.165, 1.54) is 92.9 Å². The zero-order chi connectivity index (χ0) is 27.8. The predicted molar refractivity (Wildman–Crippen MR) is 172 cm³/mol. The fourth-order valence-electron chi connectivity index (χ4n) is 5.74. The first kappa shape index (κ1) is 31.3. The first-order valence-electron chi connectivity index (χ1n) is 15.3. The van der Waals surface area contributed by atoms with Gasteiger partial charge in [-0.25, -0.2) is 0 Å². The van der Waals surface area contributed by atoms with Gasteiger partial charge in [0, 0.05) is 12.3 Å². The van der Waals surface area contributed by atoms with E-state index in [0.717, 1.165) is 11.5 Å². The van der Waals surface area contributed by atoms with Crippen molar-refractivity contribution in [3.8, 4) is 5.75 Å². The first-order chi connectivity index (χ1) is 19.2. The summed E-state index contributed by atoms with van der Waals surface area (Å²) in [5.41, 5.74) is 11.4. The number of thioether (sulfide) groups is 1. The number of unbranched alkanes of at least 4 members (excludes halogenated alkanes) is 7. The molecule has 39 heavy (non-hydrogen) atoms. The van der Waals surface area contributed by atoms with Crippen molar-refractivity contribution in [1.82, 2.24) is 0 Å². The molecule has 3 heteroatoms. The molecule has 3 rings (SSSR count). The Morgan fingerprint density at radius 2 is 1.18 bits per heavy atom. The van der Waals surface area contributed by atoms with Gasteiger partial charge in [0.1, 0.15) is 5.75 Å². The summed E-state index contributed by atoms with van der Waals surface area (Å²) in [6, 6.07) is 29.2. The number of methoxy groups -OCH3 is 1. The molecule has 0 aliphatic carbocycles. The summed E-state index contributed by atoms with van der Waals surface area (Å²) in [5.74, 6) is 2.41. The summed E-state index contributed by atoms with van der Waals surface area (Å²) in [4.78, 5) is 0. The lowest BCUT2D eigenvalue weighted by atomic mass is 9.82. The molecule has 0 aliphatic heterocycles. The Bertz CT molecular complexity index is 1030. The summed E-state index contributed by atoms with van der Waals surface area (Å²) in [6.07, 6.45) is 14.7. The van der Waals surface area contributed by atoms with Crippen LogP contribution in [0, 0.1) is 0 Å². The quantitative estimate of drug-likeness (QED) is 0.120. The van der Waals surface area contributed by atoms with Gasteiger partial charge in [0.15, 0.2) is 0 Å². The van der Waals surface area contributed by atoms with Gasteiger partial charge in [0.05, 0.1) is 11.9 Å². The molecule has 3 aromatic carbocycles. The Morgan fingerprint density at radius 3 is 1.72 bits per heavy atom. The van der Waals surface area contributed by atoms with Crippen LogP contribution in [0.2, 0.25) is 0 Å². The van der Waals surface area contributed by atoms with Crippen molar-refractivity contribution in [1.29, 1.82) is 0 Å². The van der Waals surface area contributed by atoms with Crippen LogP contribution in [0.15, 0.2) is 78.9 Å². The van der Waals surface area contributed by atoms with Gasteiger partial charge in [-0.15, -0.1) is 11.8 Å². The molecule has 2 N–H and O–H groups in total. The number of rotatable bonds is 19. The molecule has 2 atom stereocenters. The van der Waals surface area contributed by atoms with E-state index in [9.17, 15) is 0 Å². The Labute approximate surface area is 243 Å². The maximum absolute atomic E-state index is 6.08. The van der Waals surface area contributed by atoms with Crippen LogP contribution < -0.4 is 10.5 Å². The first-order valence-corrected chi connectivity index (χ1v) is 16.3. The highest BCUT2D eigenvalue weighted by Gasteiger charge is 2.37. The summed E-state index contributed by atoms with van der Waals surface area (Å²) in [6.45, 7) is 5.24. The molecule has 2 unspecified atom stereocenters. The van der Waals surface area contributed by atoms with E-state index in [4.69, 9.17) is 10.5 Å². The minimum atomic E-state index is -0.331. The third-order valence-electron chi connectivity index (χ3n) is 7.96. The Balaban J connectivity index is 1.96. The maximum Gasteiger partial charge on any atom is 0.118 e. The molecule has 0 aromatic heterocycles. The van der Waals surface area contributed by atoms with E-state index in [-0.39, 0.29) is 4.75 Å². The van der Waals surface area contributed by atoms with E-state index in [2.05, 4.69) is 92.7 Å². The molecular weight excluding hydrogens is 494 g/mol. The minimum Gasteiger partial charge on any atom is -0.497 e. The van der Waals surface area contributed by atoms with E-state index in [0.29, 0.717) is 12.5 Å². The van der Waals surface area contributed by atoms with Crippen LogP contribution >= 0.6 is 11.8 Å². The Kier molecular flexibility index (Phi) is 14.0. The van der Waals surface area contributed by atoms with Crippen molar-refractivity contribution in [2.45, 2.75) is 95.1 Å². The molecule has 0 saturated heterocycles. The SMILES string of the molecule is CCCCCCCC(CCCCCC)c1ccc(C(SCCN)(c2ccccc2)c2ccc(OC)cc2)cc1. The number of ether oxygens (including phenoxy) is 1. The second-order valence-corrected chi connectivity index (χ2v) is 12.1. The van der Waals surface area contributed by atoms with Crippen molar-refractivity contribution in [2.24, 2.45) is 5.73 Å². The van der Waals surface area contributed by atoms with Crippen molar-refractivity contribution < 1.29 is 4.74 Å². The standard InChI is InChI=1S/C36H51NOS/c1-4-6-8-10-13-17-30(16-12-9-7-5-2)31-20-22-33(23-21-31)36(39-29-28-37,32-18-14-11-15-19-32)34-24-26-35(38-3)27-25-34/h11,14-15,18-27,30H,4-10,12-13,16-17,28-29,37H2,1-3H3. The summed E-state index contributed by atoms with van der Waals surface area (Å²) in [7, 11) is 1.73. The van der Waals surface area contributed by atoms with Crippen LogP contribution in [0.4, 0.5) is 0 Å². The van der Waals surface area contributed by atoms with Crippen LogP contribution in [0.3, 0.4) is 0 Å². The zero-order valence-electron chi connectivity index (χ0n) is 24.7. The molecule has 2 nitrogen and oxygen atoms in total. The third-order valence-corrected chi connectivity index (χ3v) is 9.54. The third kappa shape index (κ3) is 8.88. The van der Waals surface area contributed by atoms with Gasteiger partial charge in [0.25, 0.3) is 0 Å². The van der Waals surface area contributed by atoms with Crippen molar-refractivity contribution >= 4 is 11.8 Å². The van der Waals surface area contributed by atoms with Crippen molar-refractivity contribution in [3.05, 3.63) is 101 Å². The minimum absolute atomic E-state index is 0.331. The number of hydrogen-bond acceptors (Lipinski definition) is 3. The van der Waals surface area contributed by atoms with Gasteiger partial charge in [-0.2, -0.15) is 0 Å². The molecule has 212 valence electrons. The van der Waals surface area contributed by atoms with E-state index >= 15 is 0 Å². The highest BCUT2D eigenvalue weighted by molar-refractivity contribution is 8.00. The number of nitrogens with two attached hydrogens (primary N) is 1. The second-order valence-electron chi connectivity index (χ2n) is 10.8. The number of benzene rings is 3. The molecular formula is C36H51NOS. The van der Waals surface area contributed by atoms with Gasteiger partial charge in [-0.1, -0.05) is 138 Å². The van der Waals surface area contributed by atoms with Gasteiger partial charge in [0.2, 0.25) is 0 Å². The number of hydrogen-bond donors (Lipinski definition) is 1. The van der Waals surface area contributed by atoms with Crippen molar-refractivity contribution in [3.63, 3.8) is 0 Å². The van der Waals surface area contributed by atoms with Crippen molar-refractivity contribution in [2.75, 3.05) is 19.4 Å². The maximum atomic E-state index is 6.08. The van der Waals surface area contributed by atoms with E-state index in [1.807, 2.05) is 11.8 Å². The topological polar surface area (TPSA) is 35.2 Å². The van der Waals surface area contributed by atoms with Crippen LogP contribution in [-0.2, 0) is 4.75 Å². The van der Waals surface area contributed by atoms with Gasteiger partial charge < -0.3 is 10.5 Å². The lowest BCUT2D eigenvalue weighted by Gasteiger charge is -2.36. The highest BCUT2D eigenvalue weighted by atomic mass is 32.2. The lowest BCUT2D eigenvalue weighted by Crippen LogP contribution is -2.27. The highest BCUT2D eigenvalue weighted by Crippen LogP contribution is 2.49. The van der Waals surface area contributed by atoms with E-state index in [1.54, 1.807) is 7.11 Å². The van der Waals surface area contributed by atoms with E-state index < -0.39 is 0 Å². The summed E-state index contributed by atoms with van der Waals surface area (Å²) >= 11 is 1.93. The molecule has 0 spiro atoms. The van der Waals surface area contributed by atoms with Gasteiger partial charge in [-0.05, 0) is 53.1 Å². The van der Waals surface area contributed by atoms with Gasteiger partial charge in [-0.3, -0.25) is 0 Å². The Morgan fingerprint density at radius 1 is 0.667 bits per heavy atom. The zero-order valence-corrected chi connectivity index (χ0v) is 25.5. The molecule has 0 amide bonds. The molecule has 0 heterocycles. The normalized spacial score (nSPS) is 13.6. The lowest BCUT2D eigenvalue weighted by molar-refractivity contribution is 0.414. The predicted octanol–water partition coefficient (Wildman–Crippen LogP) is 10.1. The smallest absolute Gasteiger partial charge is 0.118 e. The second kappa shape index (κ2) is 17.5. The summed E-state index contributed by atoms with van der Waals surface area (Å²) in [5, 5.41) is 0. The molecule has 0 fully saturated rings.